The first-order valence-corrected chi connectivity index (χ1v) is 7.03. The highest BCUT2D eigenvalue weighted by molar-refractivity contribution is 5.54. The van der Waals surface area contributed by atoms with Crippen LogP contribution in [0.5, 0.6) is 11.8 Å². The average molecular weight is 311 g/mol. The Hall–Kier alpha value is -2.16. The number of methoxy groups -OCH3 is 2. The Bertz CT molecular complexity index is 518. The van der Waals surface area contributed by atoms with Gasteiger partial charge in [0.15, 0.2) is 0 Å². The molecule has 1 aliphatic heterocycles. The van der Waals surface area contributed by atoms with Gasteiger partial charge < -0.3 is 19.3 Å². The average Bonchev–Trinajstić information content (AvgIpc) is 2.53. The van der Waals surface area contributed by atoms with Gasteiger partial charge >= 0.3 is 17.4 Å². The van der Waals surface area contributed by atoms with Gasteiger partial charge in [0, 0.05) is 19.1 Å². The molecule has 0 saturated carbocycles. The van der Waals surface area contributed by atoms with Crippen LogP contribution in [0.1, 0.15) is 12.8 Å². The van der Waals surface area contributed by atoms with E-state index in [-0.39, 0.29) is 17.4 Å². The van der Waals surface area contributed by atoms with Crippen molar-refractivity contribution in [2.24, 2.45) is 0 Å². The van der Waals surface area contributed by atoms with Gasteiger partial charge in [0.1, 0.15) is 0 Å². The number of nitrogens with zero attached hydrogens (tertiary/aromatic N) is 5. The number of anilines is 1. The molecule has 1 fully saturated rings. The Balaban J connectivity index is 2.27. The molecule has 9 heteroatoms. The van der Waals surface area contributed by atoms with Gasteiger partial charge in [0.25, 0.3) is 0 Å². The van der Waals surface area contributed by atoms with E-state index in [0.29, 0.717) is 12.0 Å². The fourth-order valence-electron chi connectivity index (χ4n) is 2.57. The summed E-state index contributed by atoms with van der Waals surface area (Å²) in [6.07, 6.45) is 1.97. The summed E-state index contributed by atoms with van der Waals surface area (Å²) in [4.78, 5) is 23.1. The molecule has 0 unspecified atom stereocenters. The minimum Gasteiger partial charge on any atom is -0.476 e. The maximum Gasteiger partial charge on any atom is 0.392 e. The lowest BCUT2D eigenvalue weighted by molar-refractivity contribution is -0.387. The zero-order valence-electron chi connectivity index (χ0n) is 13.3. The van der Waals surface area contributed by atoms with Crippen LogP contribution in [-0.4, -0.2) is 67.2 Å². The van der Waals surface area contributed by atoms with Crippen LogP contribution in [0.3, 0.4) is 0 Å². The van der Waals surface area contributed by atoms with Crippen LogP contribution in [0, 0.1) is 10.1 Å². The third-order valence-corrected chi connectivity index (χ3v) is 3.86. The van der Waals surface area contributed by atoms with Crippen LogP contribution < -0.4 is 14.4 Å². The predicted molar refractivity (Wildman–Crippen MR) is 80.7 cm³/mol. The molecule has 0 radical (unpaired) electrons. The molecule has 122 valence electrons. The topological polar surface area (TPSA) is 93.9 Å². The molecule has 1 aromatic rings. The van der Waals surface area contributed by atoms with Crippen LogP contribution in [-0.2, 0) is 0 Å². The highest BCUT2D eigenvalue weighted by Gasteiger charge is 2.30. The van der Waals surface area contributed by atoms with Crippen molar-refractivity contribution < 1.29 is 14.4 Å². The summed E-state index contributed by atoms with van der Waals surface area (Å²) < 4.78 is 10.1. The van der Waals surface area contributed by atoms with Crippen molar-refractivity contribution in [2.45, 2.75) is 18.9 Å². The molecule has 0 aliphatic carbocycles. The molecule has 22 heavy (non-hydrogen) atoms. The maximum absolute atomic E-state index is 11.1. The summed E-state index contributed by atoms with van der Waals surface area (Å²) >= 11 is 0. The lowest BCUT2D eigenvalue weighted by Gasteiger charge is -2.35. The van der Waals surface area contributed by atoms with Crippen LogP contribution in [0.4, 0.5) is 11.6 Å². The van der Waals surface area contributed by atoms with E-state index in [9.17, 15) is 10.1 Å². The highest BCUT2D eigenvalue weighted by Crippen LogP contribution is 2.35. The molecule has 0 amide bonds. The molecule has 0 spiro atoms. The number of rotatable bonds is 5. The van der Waals surface area contributed by atoms with E-state index in [2.05, 4.69) is 29.0 Å². The first-order chi connectivity index (χ1) is 10.5. The van der Waals surface area contributed by atoms with Crippen molar-refractivity contribution in [2.75, 3.05) is 46.3 Å². The molecule has 1 aliphatic rings. The van der Waals surface area contributed by atoms with Crippen molar-refractivity contribution in [3.63, 3.8) is 0 Å². The highest BCUT2D eigenvalue weighted by atomic mass is 16.6. The van der Waals surface area contributed by atoms with Crippen molar-refractivity contribution in [3.8, 4) is 11.8 Å². The fraction of sp³-hybridized carbons (Fsp3) is 0.692. The minimum atomic E-state index is -0.597. The number of aromatic nitrogens is 2. The predicted octanol–water partition coefficient (Wildman–Crippen LogP) is 0.932. The molecule has 2 heterocycles. The van der Waals surface area contributed by atoms with E-state index in [1.54, 1.807) is 0 Å². The summed E-state index contributed by atoms with van der Waals surface area (Å²) in [5, 5.41) is 11.1. The first-order valence-electron chi connectivity index (χ1n) is 7.03. The quantitative estimate of drug-likeness (QED) is 0.585. The van der Waals surface area contributed by atoms with Crippen LogP contribution in [0.15, 0.2) is 0 Å². The molecule has 9 nitrogen and oxygen atoms in total. The number of piperidine rings is 1. The van der Waals surface area contributed by atoms with E-state index in [0.717, 1.165) is 25.9 Å². The zero-order chi connectivity index (χ0) is 16.3. The summed E-state index contributed by atoms with van der Waals surface area (Å²) in [7, 11) is 6.82. The summed E-state index contributed by atoms with van der Waals surface area (Å²) in [6.45, 7) is 1.57. The minimum absolute atomic E-state index is 0.0819. The molecule has 0 bridgehead atoms. The Kier molecular flexibility index (Phi) is 4.96. The first kappa shape index (κ1) is 16.2. The summed E-state index contributed by atoms with van der Waals surface area (Å²) in [5.41, 5.74) is -0.350. The Labute approximate surface area is 129 Å². The lowest BCUT2D eigenvalue weighted by atomic mass is 10.0. The Morgan fingerprint density at radius 1 is 1.18 bits per heavy atom. The molecule has 2 rings (SSSR count). The molecular formula is C13H21N5O4. The number of hydrogen-bond donors (Lipinski definition) is 0. The molecular weight excluding hydrogens is 290 g/mol. The third kappa shape index (κ3) is 3.19. The lowest BCUT2D eigenvalue weighted by Crippen LogP contribution is -2.42. The van der Waals surface area contributed by atoms with Gasteiger partial charge in [-0.2, -0.15) is 9.97 Å². The van der Waals surface area contributed by atoms with Crippen molar-refractivity contribution in [1.29, 1.82) is 0 Å². The number of hydrogen-bond acceptors (Lipinski definition) is 8. The summed E-state index contributed by atoms with van der Waals surface area (Å²) in [6, 6.07) is 0.526. The van der Waals surface area contributed by atoms with E-state index in [1.165, 1.54) is 14.2 Å². The fourth-order valence-corrected chi connectivity index (χ4v) is 2.57. The van der Waals surface area contributed by atoms with Gasteiger partial charge in [-0.15, -0.1) is 0 Å². The molecule has 1 saturated heterocycles. The second kappa shape index (κ2) is 6.73. The molecule has 0 aromatic carbocycles. The Morgan fingerprint density at radius 3 is 2.05 bits per heavy atom. The largest absolute Gasteiger partial charge is 0.476 e. The molecule has 0 atom stereocenters. The van der Waals surface area contributed by atoms with Gasteiger partial charge in [-0.05, 0) is 26.9 Å². The van der Waals surface area contributed by atoms with Gasteiger partial charge in [-0.3, -0.25) is 10.1 Å². The van der Waals surface area contributed by atoms with Gasteiger partial charge in [0.2, 0.25) is 5.95 Å². The van der Waals surface area contributed by atoms with E-state index in [4.69, 9.17) is 9.47 Å². The van der Waals surface area contributed by atoms with Crippen LogP contribution in [0.2, 0.25) is 0 Å². The zero-order valence-corrected chi connectivity index (χ0v) is 13.3. The van der Waals surface area contributed by atoms with E-state index >= 15 is 0 Å². The Morgan fingerprint density at radius 2 is 1.68 bits per heavy atom. The second-order valence-electron chi connectivity index (χ2n) is 5.33. The van der Waals surface area contributed by atoms with Crippen molar-refractivity contribution in [1.82, 2.24) is 14.9 Å². The monoisotopic (exact) mass is 311 g/mol. The third-order valence-electron chi connectivity index (χ3n) is 3.86. The normalized spacial score (nSPS) is 16.0. The SMILES string of the molecule is COc1nc(N2CCC(N(C)C)CC2)nc(OC)c1[N+](=O)[O-]. The van der Waals surface area contributed by atoms with Gasteiger partial charge in [0.05, 0.1) is 19.1 Å². The number of nitro groups is 1. The van der Waals surface area contributed by atoms with Crippen molar-refractivity contribution in [3.05, 3.63) is 10.1 Å². The van der Waals surface area contributed by atoms with E-state index < -0.39 is 4.92 Å². The molecule has 1 aromatic heterocycles. The van der Waals surface area contributed by atoms with Crippen LogP contribution in [0.25, 0.3) is 0 Å². The molecule has 0 N–H and O–H groups in total. The van der Waals surface area contributed by atoms with Crippen LogP contribution >= 0.6 is 0 Å². The van der Waals surface area contributed by atoms with E-state index in [1.807, 2.05) is 4.90 Å². The van der Waals surface area contributed by atoms with Gasteiger partial charge in [-0.1, -0.05) is 0 Å². The smallest absolute Gasteiger partial charge is 0.392 e. The van der Waals surface area contributed by atoms with Crippen molar-refractivity contribution >= 4 is 11.6 Å². The van der Waals surface area contributed by atoms with Gasteiger partial charge in [-0.25, -0.2) is 0 Å². The maximum atomic E-state index is 11.1. The standard InChI is InChI=1S/C13H21N5O4/c1-16(2)9-5-7-17(8-6-9)13-14-11(21-3)10(18(19)20)12(15-13)22-4/h9H,5-8H2,1-4H3. The number of ether oxygens (including phenoxy) is 2. The summed E-state index contributed by atoms with van der Waals surface area (Å²) in [5.74, 6) is 0.236. The second-order valence-corrected chi connectivity index (χ2v) is 5.33.